The summed E-state index contributed by atoms with van der Waals surface area (Å²) in [6.45, 7) is 7.63. The second kappa shape index (κ2) is 4.63. The van der Waals surface area contributed by atoms with Crippen molar-refractivity contribution in [2.24, 2.45) is 5.92 Å². The van der Waals surface area contributed by atoms with Crippen LogP contribution >= 0.6 is 0 Å². The van der Waals surface area contributed by atoms with Crippen molar-refractivity contribution in [3.63, 3.8) is 0 Å². The number of aliphatic hydroxyl groups is 1. The first-order chi connectivity index (χ1) is 6.49. The minimum atomic E-state index is -0.401. The summed E-state index contributed by atoms with van der Waals surface area (Å²) in [5, 5.41) is 10.5. The van der Waals surface area contributed by atoms with Gasteiger partial charge in [-0.25, -0.2) is 0 Å². The molecule has 1 aliphatic rings. The first kappa shape index (κ1) is 12.0. The smallest absolute Gasteiger partial charge is 0.0700 e. The van der Waals surface area contributed by atoms with E-state index in [1.165, 1.54) is 6.42 Å². The molecule has 1 fully saturated rings. The molecule has 0 bridgehead atoms. The molecule has 1 N–H and O–H groups in total. The summed E-state index contributed by atoms with van der Waals surface area (Å²) >= 11 is 0. The van der Waals surface area contributed by atoms with Gasteiger partial charge < -0.3 is 10.0 Å². The predicted octanol–water partition coefficient (Wildman–Crippen LogP) is 2.27. The predicted molar refractivity (Wildman–Crippen MR) is 60.3 cm³/mol. The normalized spacial score (nSPS) is 37.1. The third kappa shape index (κ3) is 2.48. The Kier molecular flexibility index (Phi) is 3.96. The van der Waals surface area contributed by atoms with Crippen LogP contribution in [0.15, 0.2) is 0 Å². The average molecular weight is 199 g/mol. The zero-order chi connectivity index (χ0) is 10.8. The van der Waals surface area contributed by atoms with Gasteiger partial charge in [-0.3, -0.25) is 0 Å². The summed E-state index contributed by atoms with van der Waals surface area (Å²) in [6, 6.07) is 0.521. The number of hydrogen-bond donors (Lipinski definition) is 1. The standard InChI is InChI=1S/C12H25NO/c1-5-6-10(2)12(14)7-8-13(4)11(3)9-12/h10-11,14H,5-9H2,1-4H3. The van der Waals surface area contributed by atoms with Gasteiger partial charge in [0.2, 0.25) is 0 Å². The first-order valence-electron chi connectivity index (χ1n) is 5.92. The quantitative estimate of drug-likeness (QED) is 0.753. The van der Waals surface area contributed by atoms with Crippen LogP contribution in [-0.4, -0.2) is 35.2 Å². The van der Waals surface area contributed by atoms with Crippen molar-refractivity contribution in [3.05, 3.63) is 0 Å². The molecule has 3 unspecified atom stereocenters. The molecule has 0 aromatic carbocycles. The highest BCUT2D eigenvalue weighted by molar-refractivity contribution is 4.92. The third-order valence-corrected chi connectivity index (χ3v) is 3.94. The minimum Gasteiger partial charge on any atom is -0.390 e. The van der Waals surface area contributed by atoms with Crippen LogP contribution < -0.4 is 0 Å². The average Bonchev–Trinajstić information content (AvgIpc) is 2.13. The van der Waals surface area contributed by atoms with Crippen molar-refractivity contribution in [1.29, 1.82) is 0 Å². The van der Waals surface area contributed by atoms with Gasteiger partial charge in [-0.15, -0.1) is 0 Å². The summed E-state index contributed by atoms with van der Waals surface area (Å²) < 4.78 is 0. The van der Waals surface area contributed by atoms with E-state index in [2.05, 4.69) is 32.7 Å². The number of rotatable bonds is 3. The van der Waals surface area contributed by atoms with Gasteiger partial charge in [-0.05, 0) is 39.2 Å². The molecule has 84 valence electrons. The lowest BCUT2D eigenvalue weighted by atomic mass is 9.76. The molecule has 14 heavy (non-hydrogen) atoms. The summed E-state index contributed by atoms with van der Waals surface area (Å²) in [5.41, 5.74) is -0.401. The Balaban J connectivity index is 2.57. The third-order valence-electron chi connectivity index (χ3n) is 3.94. The molecule has 3 atom stereocenters. The maximum atomic E-state index is 10.5. The van der Waals surface area contributed by atoms with Crippen LogP contribution in [0.1, 0.15) is 46.5 Å². The molecule has 1 rings (SSSR count). The van der Waals surface area contributed by atoms with Gasteiger partial charge in [0.1, 0.15) is 0 Å². The van der Waals surface area contributed by atoms with Crippen molar-refractivity contribution < 1.29 is 5.11 Å². The topological polar surface area (TPSA) is 23.5 Å². The molecular formula is C12H25NO. The number of hydrogen-bond acceptors (Lipinski definition) is 2. The van der Waals surface area contributed by atoms with Crippen molar-refractivity contribution in [2.75, 3.05) is 13.6 Å². The zero-order valence-electron chi connectivity index (χ0n) is 10.1. The first-order valence-corrected chi connectivity index (χ1v) is 5.92. The molecule has 0 aliphatic carbocycles. The Labute approximate surface area is 88.3 Å². The highest BCUT2D eigenvalue weighted by Crippen LogP contribution is 2.34. The Bertz CT molecular complexity index is 183. The Morgan fingerprint density at radius 1 is 1.57 bits per heavy atom. The second-order valence-corrected chi connectivity index (χ2v) is 5.08. The van der Waals surface area contributed by atoms with Crippen LogP contribution in [0, 0.1) is 5.92 Å². The molecule has 1 aliphatic heterocycles. The summed E-state index contributed by atoms with van der Waals surface area (Å²) in [5.74, 6) is 0.448. The molecule has 0 radical (unpaired) electrons. The van der Waals surface area contributed by atoms with Crippen LogP contribution in [0.2, 0.25) is 0 Å². The summed E-state index contributed by atoms with van der Waals surface area (Å²) in [4.78, 5) is 2.34. The SMILES string of the molecule is CCCC(C)C1(O)CCN(C)C(C)C1. The van der Waals surface area contributed by atoms with Crippen LogP contribution in [0.4, 0.5) is 0 Å². The maximum absolute atomic E-state index is 10.5. The van der Waals surface area contributed by atoms with Crippen LogP contribution in [-0.2, 0) is 0 Å². The van der Waals surface area contributed by atoms with Gasteiger partial charge in [0.25, 0.3) is 0 Å². The molecule has 1 saturated heterocycles. The monoisotopic (exact) mass is 199 g/mol. The fourth-order valence-electron chi connectivity index (χ4n) is 2.51. The highest BCUT2D eigenvalue weighted by Gasteiger charge is 2.38. The van der Waals surface area contributed by atoms with Gasteiger partial charge in [0.05, 0.1) is 5.60 Å². The molecule has 0 spiro atoms. The van der Waals surface area contributed by atoms with Gasteiger partial charge in [-0.2, -0.15) is 0 Å². The lowest BCUT2D eigenvalue weighted by Crippen LogP contribution is -2.50. The van der Waals surface area contributed by atoms with Gasteiger partial charge >= 0.3 is 0 Å². The fraction of sp³-hybridized carbons (Fsp3) is 1.00. The van der Waals surface area contributed by atoms with Crippen molar-refractivity contribution in [2.45, 2.75) is 58.1 Å². The van der Waals surface area contributed by atoms with E-state index < -0.39 is 5.60 Å². The molecule has 1 heterocycles. The molecule has 2 nitrogen and oxygen atoms in total. The van der Waals surface area contributed by atoms with E-state index >= 15 is 0 Å². The highest BCUT2D eigenvalue weighted by atomic mass is 16.3. The lowest BCUT2D eigenvalue weighted by molar-refractivity contribution is -0.0763. The molecule has 0 saturated carbocycles. The molecule has 0 aromatic heterocycles. The van der Waals surface area contributed by atoms with E-state index in [9.17, 15) is 5.11 Å². The molecule has 2 heteroatoms. The maximum Gasteiger partial charge on any atom is 0.0700 e. The number of nitrogens with zero attached hydrogens (tertiary/aromatic N) is 1. The van der Waals surface area contributed by atoms with Gasteiger partial charge in [0.15, 0.2) is 0 Å². The fourth-order valence-corrected chi connectivity index (χ4v) is 2.51. The largest absolute Gasteiger partial charge is 0.390 e. The Hall–Kier alpha value is -0.0800. The summed E-state index contributed by atoms with van der Waals surface area (Å²) in [7, 11) is 2.15. The van der Waals surface area contributed by atoms with Crippen LogP contribution in [0.5, 0.6) is 0 Å². The van der Waals surface area contributed by atoms with E-state index in [-0.39, 0.29) is 0 Å². The van der Waals surface area contributed by atoms with E-state index in [0.717, 1.165) is 25.8 Å². The van der Waals surface area contributed by atoms with E-state index in [0.29, 0.717) is 12.0 Å². The van der Waals surface area contributed by atoms with Crippen molar-refractivity contribution in [1.82, 2.24) is 4.90 Å². The molecular weight excluding hydrogens is 174 g/mol. The van der Waals surface area contributed by atoms with E-state index in [1.54, 1.807) is 0 Å². The zero-order valence-corrected chi connectivity index (χ0v) is 10.1. The van der Waals surface area contributed by atoms with E-state index in [1.807, 2.05) is 0 Å². The van der Waals surface area contributed by atoms with Crippen LogP contribution in [0.3, 0.4) is 0 Å². The summed E-state index contributed by atoms with van der Waals surface area (Å²) in [6.07, 6.45) is 4.19. The van der Waals surface area contributed by atoms with E-state index in [4.69, 9.17) is 0 Å². The minimum absolute atomic E-state index is 0.401. The second-order valence-electron chi connectivity index (χ2n) is 5.08. The lowest BCUT2D eigenvalue weighted by Gasteiger charge is -2.44. The van der Waals surface area contributed by atoms with Gasteiger partial charge in [-0.1, -0.05) is 20.3 Å². The molecule has 0 amide bonds. The van der Waals surface area contributed by atoms with Crippen LogP contribution in [0.25, 0.3) is 0 Å². The Morgan fingerprint density at radius 3 is 2.71 bits per heavy atom. The number of piperidine rings is 1. The Morgan fingerprint density at radius 2 is 2.21 bits per heavy atom. The van der Waals surface area contributed by atoms with Crippen molar-refractivity contribution >= 4 is 0 Å². The van der Waals surface area contributed by atoms with Crippen molar-refractivity contribution in [3.8, 4) is 0 Å². The number of likely N-dealkylation sites (tertiary alicyclic amines) is 1. The van der Waals surface area contributed by atoms with Gasteiger partial charge in [0, 0.05) is 12.6 Å². The molecule has 0 aromatic rings.